The molecule has 0 spiro atoms. The van der Waals surface area contributed by atoms with Gasteiger partial charge in [-0.3, -0.25) is 4.79 Å². The summed E-state index contributed by atoms with van der Waals surface area (Å²) in [5.74, 6) is 0.768. The first-order valence-corrected chi connectivity index (χ1v) is 9.08. The number of benzene rings is 2. The highest BCUT2D eigenvalue weighted by Gasteiger charge is 2.20. The number of carbonyl (C=O) groups excluding carboxylic acids is 1. The third-order valence-electron chi connectivity index (χ3n) is 5.48. The summed E-state index contributed by atoms with van der Waals surface area (Å²) in [6.45, 7) is 2.18. The minimum atomic E-state index is 0.768. The molecule has 0 bridgehead atoms. The van der Waals surface area contributed by atoms with Crippen molar-refractivity contribution in [3.05, 3.63) is 65.9 Å². The van der Waals surface area contributed by atoms with Crippen molar-refractivity contribution in [1.82, 2.24) is 4.57 Å². The molecule has 3 heteroatoms. The molecule has 2 heterocycles. The number of fused-ring (bicyclic) bond motifs is 1. The van der Waals surface area contributed by atoms with E-state index >= 15 is 0 Å². The van der Waals surface area contributed by atoms with Gasteiger partial charge in [0.2, 0.25) is 0 Å². The van der Waals surface area contributed by atoms with Crippen molar-refractivity contribution in [3.8, 4) is 0 Å². The number of nitrogens with zero attached hydrogens (tertiary/aromatic N) is 2. The summed E-state index contributed by atoms with van der Waals surface area (Å²) in [6.07, 6.45) is 6.50. The highest BCUT2D eigenvalue weighted by molar-refractivity contribution is 5.99. The number of aryl methyl sites for hydroxylation is 1. The van der Waals surface area contributed by atoms with E-state index in [1.54, 1.807) is 0 Å². The summed E-state index contributed by atoms with van der Waals surface area (Å²) < 4.78 is 2.02. The van der Waals surface area contributed by atoms with Crippen LogP contribution in [0.25, 0.3) is 10.9 Å². The Morgan fingerprint density at radius 1 is 1.08 bits per heavy atom. The predicted molar refractivity (Wildman–Crippen MR) is 103 cm³/mol. The fourth-order valence-electron chi connectivity index (χ4n) is 4.04. The van der Waals surface area contributed by atoms with Gasteiger partial charge in [0, 0.05) is 48.5 Å². The molecule has 3 nitrogen and oxygen atoms in total. The lowest BCUT2D eigenvalue weighted by molar-refractivity contribution is 0.112. The zero-order chi connectivity index (χ0) is 17.2. The minimum absolute atomic E-state index is 0.768. The van der Waals surface area contributed by atoms with E-state index in [1.165, 1.54) is 30.5 Å². The largest absolute Gasteiger partial charge is 0.371 e. The van der Waals surface area contributed by atoms with Gasteiger partial charge in [0.05, 0.1) is 0 Å². The minimum Gasteiger partial charge on any atom is -0.371 e. The Balaban J connectivity index is 1.47. The van der Waals surface area contributed by atoms with Gasteiger partial charge in [-0.05, 0) is 48.9 Å². The number of hydrogen-bond acceptors (Lipinski definition) is 2. The molecule has 2 aromatic carbocycles. The molecular formula is C22H24N2O. The van der Waals surface area contributed by atoms with E-state index in [2.05, 4.69) is 53.4 Å². The van der Waals surface area contributed by atoms with Crippen molar-refractivity contribution >= 4 is 22.9 Å². The maximum atomic E-state index is 11.3. The lowest BCUT2D eigenvalue weighted by atomic mass is 9.90. The molecule has 0 atom stereocenters. The molecule has 0 saturated carbocycles. The molecule has 1 aliphatic heterocycles. The molecule has 0 radical (unpaired) electrons. The second-order valence-electron chi connectivity index (χ2n) is 7.13. The van der Waals surface area contributed by atoms with E-state index in [9.17, 15) is 4.79 Å². The van der Waals surface area contributed by atoms with Crippen LogP contribution in [0.5, 0.6) is 0 Å². The average molecular weight is 332 g/mol. The van der Waals surface area contributed by atoms with Crippen LogP contribution in [0.1, 0.15) is 28.8 Å². The Morgan fingerprint density at radius 3 is 2.56 bits per heavy atom. The second-order valence-corrected chi connectivity index (χ2v) is 7.13. The second kappa shape index (κ2) is 6.75. The Hall–Kier alpha value is -2.55. The van der Waals surface area contributed by atoms with Crippen LogP contribution < -0.4 is 4.90 Å². The lowest BCUT2D eigenvalue weighted by Crippen LogP contribution is -2.34. The normalized spacial score (nSPS) is 15.6. The molecule has 1 aromatic heterocycles. The first-order valence-electron chi connectivity index (χ1n) is 9.08. The van der Waals surface area contributed by atoms with Gasteiger partial charge in [-0.1, -0.05) is 30.3 Å². The van der Waals surface area contributed by atoms with Gasteiger partial charge < -0.3 is 9.47 Å². The molecule has 25 heavy (non-hydrogen) atoms. The van der Waals surface area contributed by atoms with Crippen LogP contribution in [0.3, 0.4) is 0 Å². The molecule has 1 saturated heterocycles. The fourth-order valence-corrected chi connectivity index (χ4v) is 4.04. The topological polar surface area (TPSA) is 25.2 Å². The predicted octanol–water partition coefficient (Wildman–Crippen LogP) is 4.45. The Kier molecular flexibility index (Phi) is 4.31. The van der Waals surface area contributed by atoms with E-state index in [1.807, 2.05) is 17.8 Å². The highest BCUT2D eigenvalue weighted by Crippen LogP contribution is 2.29. The van der Waals surface area contributed by atoms with Gasteiger partial charge in [-0.15, -0.1) is 0 Å². The maximum Gasteiger partial charge on any atom is 0.152 e. The van der Waals surface area contributed by atoms with E-state index in [-0.39, 0.29) is 0 Å². The molecule has 0 aliphatic carbocycles. The van der Waals surface area contributed by atoms with Crippen LogP contribution >= 0.6 is 0 Å². The third-order valence-corrected chi connectivity index (χ3v) is 5.48. The Morgan fingerprint density at radius 2 is 1.84 bits per heavy atom. The molecule has 0 unspecified atom stereocenters. The SMILES string of the molecule is Cn1cc(C=O)c2cc(N3CCC(Cc4ccccc4)CC3)ccc21. The van der Waals surface area contributed by atoms with E-state index in [0.29, 0.717) is 0 Å². The van der Waals surface area contributed by atoms with Crippen molar-refractivity contribution in [3.63, 3.8) is 0 Å². The van der Waals surface area contributed by atoms with E-state index < -0.39 is 0 Å². The highest BCUT2D eigenvalue weighted by atomic mass is 16.1. The van der Waals surface area contributed by atoms with Crippen molar-refractivity contribution in [2.24, 2.45) is 13.0 Å². The molecular weight excluding hydrogens is 308 g/mol. The van der Waals surface area contributed by atoms with Gasteiger partial charge in [0.25, 0.3) is 0 Å². The van der Waals surface area contributed by atoms with Gasteiger partial charge in [-0.25, -0.2) is 0 Å². The van der Waals surface area contributed by atoms with Crippen LogP contribution in [0.15, 0.2) is 54.7 Å². The van der Waals surface area contributed by atoms with Gasteiger partial charge >= 0.3 is 0 Å². The van der Waals surface area contributed by atoms with Crippen LogP contribution in [-0.4, -0.2) is 23.9 Å². The number of aldehydes is 1. The summed E-state index contributed by atoms with van der Waals surface area (Å²) in [5, 5.41) is 1.06. The summed E-state index contributed by atoms with van der Waals surface area (Å²) in [5.41, 5.74) is 4.57. The lowest BCUT2D eigenvalue weighted by Gasteiger charge is -2.34. The monoisotopic (exact) mass is 332 g/mol. The zero-order valence-electron chi connectivity index (χ0n) is 14.7. The van der Waals surface area contributed by atoms with Crippen LogP contribution in [0.4, 0.5) is 5.69 Å². The molecule has 4 rings (SSSR count). The number of carbonyl (C=O) groups is 1. The number of anilines is 1. The van der Waals surface area contributed by atoms with E-state index in [4.69, 9.17) is 0 Å². The number of aromatic nitrogens is 1. The molecule has 0 amide bonds. The van der Waals surface area contributed by atoms with Gasteiger partial charge in [-0.2, -0.15) is 0 Å². The Bertz CT molecular complexity index is 874. The molecule has 128 valence electrons. The first-order chi connectivity index (χ1) is 12.2. The van der Waals surface area contributed by atoms with Crippen molar-refractivity contribution in [2.75, 3.05) is 18.0 Å². The smallest absolute Gasteiger partial charge is 0.152 e. The average Bonchev–Trinajstić information content (AvgIpc) is 2.99. The zero-order valence-corrected chi connectivity index (χ0v) is 14.7. The number of piperidine rings is 1. The van der Waals surface area contributed by atoms with Crippen LogP contribution in [-0.2, 0) is 13.5 Å². The molecule has 1 fully saturated rings. The van der Waals surface area contributed by atoms with Gasteiger partial charge in [0.1, 0.15) is 0 Å². The van der Waals surface area contributed by atoms with E-state index in [0.717, 1.165) is 41.8 Å². The van der Waals surface area contributed by atoms with Gasteiger partial charge in [0.15, 0.2) is 6.29 Å². The number of hydrogen-bond donors (Lipinski definition) is 0. The quantitative estimate of drug-likeness (QED) is 0.660. The Labute approximate surface area is 148 Å². The number of rotatable bonds is 4. The summed E-state index contributed by atoms with van der Waals surface area (Å²) >= 11 is 0. The summed E-state index contributed by atoms with van der Waals surface area (Å²) in [6, 6.07) is 17.3. The van der Waals surface area contributed by atoms with Crippen LogP contribution in [0, 0.1) is 5.92 Å². The molecule has 0 N–H and O–H groups in total. The third kappa shape index (κ3) is 3.19. The molecule has 1 aliphatic rings. The summed E-state index contributed by atoms with van der Waals surface area (Å²) in [7, 11) is 1.99. The standard InChI is InChI=1S/C22H24N2O/c1-23-15-19(16-25)21-14-20(7-8-22(21)23)24-11-9-18(10-12-24)13-17-5-3-2-4-6-17/h2-8,14-16,18H,9-13H2,1H3. The maximum absolute atomic E-state index is 11.3. The van der Waals surface area contributed by atoms with Crippen molar-refractivity contribution in [1.29, 1.82) is 0 Å². The molecule has 3 aromatic rings. The fraction of sp³-hybridized carbons (Fsp3) is 0.318. The van der Waals surface area contributed by atoms with Crippen molar-refractivity contribution in [2.45, 2.75) is 19.3 Å². The van der Waals surface area contributed by atoms with Crippen molar-refractivity contribution < 1.29 is 4.79 Å². The van der Waals surface area contributed by atoms with Crippen LogP contribution in [0.2, 0.25) is 0 Å². The summed E-state index contributed by atoms with van der Waals surface area (Å²) in [4.78, 5) is 13.8. The first kappa shape index (κ1) is 15.9.